The molecule has 0 fully saturated rings. The van der Waals surface area contributed by atoms with Gasteiger partial charge in [0.1, 0.15) is 0 Å². The van der Waals surface area contributed by atoms with Crippen molar-refractivity contribution in [3.8, 4) is 0 Å². The van der Waals surface area contributed by atoms with Crippen molar-refractivity contribution >= 4 is 11.6 Å². The Balaban J connectivity index is 2.60. The second kappa shape index (κ2) is 7.76. The lowest BCUT2D eigenvalue weighted by Crippen LogP contribution is -2.03. The van der Waals surface area contributed by atoms with Crippen LogP contribution in [-0.2, 0) is 6.42 Å². The molecule has 0 N–H and O–H groups in total. The second-order valence-electron chi connectivity index (χ2n) is 5.01. The summed E-state index contributed by atoms with van der Waals surface area (Å²) in [5, 5.41) is 0.162. The molecule has 0 amide bonds. The number of aryl methyl sites for hydroxylation is 1. The van der Waals surface area contributed by atoms with Gasteiger partial charge >= 0.3 is 0 Å². The van der Waals surface area contributed by atoms with Gasteiger partial charge in [-0.15, -0.1) is 11.6 Å². The van der Waals surface area contributed by atoms with E-state index in [4.69, 9.17) is 11.6 Å². The smallest absolute Gasteiger partial charge is 0.0610 e. The maximum absolute atomic E-state index is 6.49. The van der Waals surface area contributed by atoms with Gasteiger partial charge in [-0.2, -0.15) is 0 Å². The third-order valence-electron chi connectivity index (χ3n) is 3.36. The molecule has 17 heavy (non-hydrogen) atoms. The zero-order valence-electron chi connectivity index (χ0n) is 11.4. The first-order chi connectivity index (χ1) is 8.19. The average Bonchev–Trinajstić information content (AvgIpc) is 2.36. The van der Waals surface area contributed by atoms with Gasteiger partial charge in [0.05, 0.1) is 5.38 Å². The van der Waals surface area contributed by atoms with E-state index >= 15 is 0 Å². The van der Waals surface area contributed by atoms with E-state index in [2.05, 4.69) is 45.0 Å². The van der Waals surface area contributed by atoms with E-state index in [0.717, 1.165) is 0 Å². The first-order valence-corrected chi connectivity index (χ1v) is 7.35. The van der Waals surface area contributed by atoms with E-state index in [1.165, 1.54) is 43.2 Å². The topological polar surface area (TPSA) is 0 Å². The van der Waals surface area contributed by atoms with Crippen LogP contribution < -0.4 is 0 Å². The van der Waals surface area contributed by atoms with Crippen molar-refractivity contribution in [2.75, 3.05) is 0 Å². The highest BCUT2D eigenvalue weighted by Gasteiger charge is 2.15. The van der Waals surface area contributed by atoms with Gasteiger partial charge in [-0.25, -0.2) is 0 Å². The monoisotopic (exact) mass is 252 g/mol. The van der Waals surface area contributed by atoms with Gasteiger partial charge in [0.25, 0.3) is 0 Å². The molecular weight excluding hydrogens is 228 g/mol. The summed E-state index contributed by atoms with van der Waals surface area (Å²) in [4.78, 5) is 0. The van der Waals surface area contributed by atoms with Crippen molar-refractivity contribution in [2.24, 2.45) is 5.92 Å². The minimum absolute atomic E-state index is 0.162. The fourth-order valence-corrected chi connectivity index (χ4v) is 2.45. The van der Waals surface area contributed by atoms with E-state index in [-0.39, 0.29) is 5.38 Å². The van der Waals surface area contributed by atoms with Crippen LogP contribution in [0.2, 0.25) is 0 Å². The molecule has 1 aromatic carbocycles. The Morgan fingerprint density at radius 1 is 1.06 bits per heavy atom. The van der Waals surface area contributed by atoms with Gasteiger partial charge in [-0.3, -0.25) is 0 Å². The fourth-order valence-electron chi connectivity index (χ4n) is 2.18. The van der Waals surface area contributed by atoms with Crippen LogP contribution in [0.15, 0.2) is 24.3 Å². The van der Waals surface area contributed by atoms with Crippen LogP contribution in [-0.4, -0.2) is 0 Å². The van der Waals surface area contributed by atoms with E-state index in [9.17, 15) is 0 Å². The van der Waals surface area contributed by atoms with Crippen molar-refractivity contribution in [3.05, 3.63) is 35.4 Å². The summed E-state index contributed by atoms with van der Waals surface area (Å²) in [6.45, 7) is 6.69. The minimum Gasteiger partial charge on any atom is -0.118 e. The summed E-state index contributed by atoms with van der Waals surface area (Å²) in [7, 11) is 0. The van der Waals surface area contributed by atoms with E-state index in [0.29, 0.717) is 5.92 Å². The molecule has 0 heterocycles. The molecular formula is C16H25Cl. The Hall–Kier alpha value is -0.490. The lowest BCUT2D eigenvalue weighted by molar-refractivity contribution is 0.507. The van der Waals surface area contributed by atoms with Gasteiger partial charge in [0.2, 0.25) is 0 Å². The van der Waals surface area contributed by atoms with Gasteiger partial charge in [-0.05, 0) is 36.3 Å². The van der Waals surface area contributed by atoms with Gasteiger partial charge in [0.15, 0.2) is 0 Å². The molecule has 96 valence electrons. The third-order valence-corrected chi connectivity index (χ3v) is 4.04. The number of alkyl halides is 1. The Kier molecular flexibility index (Phi) is 6.65. The average molecular weight is 253 g/mol. The van der Waals surface area contributed by atoms with Crippen LogP contribution in [0.3, 0.4) is 0 Å². The summed E-state index contributed by atoms with van der Waals surface area (Å²) in [6, 6.07) is 8.88. The van der Waals surface area contributed by atoms with Crippen molar-refractivity contribution in [1.29, 1.82) is 0 Å². The number of hydrogen-bond acceptors (Lipinski definition) is 0. The zero-order chi connectivity index (χ0) is 12.7. The van der Waals surface area contributed by atoms with E-state index in [1.54, 1.807) is 0 Å². The molecule has 1 heteroatoms. The van der Waals surface area contributed by atoms with Crippen LogP contribution >= 0.6 is 11.6 Å². The molecule has 0 nitrogen and oxygen atoms in total. The molecule has 2 unspecified atom stereocenters. The Morgan fingerprint density at radius 3 is 2.24 bits per heavy atom. The maximum atomic E-state index is 6.49. The highest BCUT2D eigenvalue weighted by Crippen LogP contribution is 2.31. The summed E-state index contributed by atoms with van der Waals surface area (Å²) < 4.78 is 0. The Labute approximate surface area is 111 Å². The lowest BCUT2D eigenvalue weighted by atomic mass is 9.95. The van der Waals surface area contributed by atoms with Crippen LogP contribution in [0, 0.1) is 5.92 Å². The van der Waals surface area contributed by atoms with Crippen LogP contribution in [0.5, 0.6) is 0 Å². The van der Waals surface area contributed by atoms with Crippen LogP contribution in [0.25, 0.3) is 0 Å². The normalized spacial score (nSPS) is 14.6. The standard InChI is InChI=1S/C16H25Cl/c1-4-6-8-14-9-11-15(12-10-14)16(17)13(3)7-5-2/h9-13,16H,4-8H2,1-3H3. The van der Waals surface area contributed by atoms with Gasteiger partial charge < -0.3 is 0 Å². The molecule has 0 radical (unpaired) electrons. The first-order valence-electron chi connectivity index (χ1n) is 6.91. The van der Waals surface area contributed by atoms with E-state index < -0.39 is 0 Å². The molecule has 2 atom stereocenters. The molecule has 0 aliphatic heterocycles. The van der Waals surface area contributed by atoms with Gasteiger partial charge in [-0.1, -0.05) is 57.9 Å². The SMILES string of the molecule is CCCCc1ccc(C(Cl)C(C)CCC)cc1. The predicted molar refractivity (Wildman–Crippen MR) is 77.7 cm³/mol. The number of unbranched alkanes of at least 4 members (excludes halogenated alkanes) is 1. The summed E-state index contributed by atoms with van der Waals surface area (Å²) in [6.07, 6.45) is 6.13. The zero-order valence-corrected chi connectivity index (χ0v) is 12.1. The predicted octanol–water partition coefficient (Wildman–Crippen LogP) is 5.75. The summed E-state index contributed by atoms with van der Waals surface area (Å²) in [5.41, 5.74) is 2.70. The molecule has 0 aliphatic rings. The first kappa shape index (κ1) is 14.6. The molecule has 1 rings (SSSR count). The molecule has 0 spiro atoms. The second-order valence-corrected chi connectivity index (χ2v) is 5.48. The number of benzene rings is 1. The summed E-state index contributed by atoms with van der Waals surface area (Å²) >= 11 is 6.49. The molecule has 0 aromatic heterocycles. The molecule has 0 saturated heterocycles. The third kappa shape index (κ3) is 4.71. The van der Waals surface area contributed by atoms with Crippen LogP contribution in [0.1, 0.15) is 63.0 Å². The highest BCUT2D eigenvalue weighted by molar-refractivity contribution is 6.20. The molecule has 1 aromatic rings. The maximum Gasteiger partial charge on any atom is 0.0610 e. The lowest BCUT2D eigenvalue weighted by Gasteiger charge is -2.17. The number of hydrogen-bond donors (Lipinski definition) is 0. The largest absolute Gasteiger partial charge is 0.118 e. The van der Waals surface area contributed by atoms with Crippen LogP contribution in [0.4, 0.5) is 0 Å². The van der Waals surface area contributed by atoms with Gasteiger partial charge in [0, 0.05) is 0 Å². The molecule has 0 bridgehead atoms. The quantitative estimate of drug-likeness (QED) is 0.543. The Bertz CT molecular complexity index is 302. The van der Waals surface area contributed by atoms with Crippen molar-refractivity contribution in [2.45, 2.75) is 58.3 Å². The molecule has 0 saturated carbocycles. The fraction of sp³-hybridized carbons (Fsp3) is 0.625. The molecule has 0 aliphatic carbocycles. The number of halogens is 1. The van der Waals surface area contributed by atoms with Crippen molar-refractivity contribution < 1.29 is 0 Å². The van der Waals surface area contributed by atoms with Crippen molar-refractivity contribution in [3.63, 3.8) is 0 Å². The van der Waals surface area contributed by atoms with Crippen molar-refractivity contribution in [1.82, 2.24) is 0 Å². The minimum atomic E-state index is 0.162. The van der Waals surface area contributed by atoms with E-state index in [1.807, 2.05) is 0 Å². The summed E-state index contributed by atoms with van der Waals surface area (Å²) in [5.74, 6) is 0.558. The number of rotatable bonds is 7. The highest BCUT2D eigenvalue weighted by atomic mass is 35.5. The Morgan fingerprint density at radius 2 is 1.71 bits per heavy atom.